The maximum absolute atomic E-state index is 11.8. The molecule has 1 heterocycles. The number of benzene rings is 1. The van der Waals surface area contributed by atoms with E-state index in [0.29, 0.717) is 6.42 Å². The summed E-state index contributed by atoms with van der Waals surface area (Å²) in [7, 11) is 0. The van der Waals surface area contributed by atoms with Crippen molar-refractivity contribution in [2.45, 2.75) is 19.3 Å². The van der Waals surface area contributed by atoms with Gasteiger partial charge in [-0.3, -0.25) is 4.79 Å². The minimum absolute atomic E-state index is 0.0932. The van der Waals surface area contributed by atoms with Crippen molar-refractivity contribution in [2.24, 2.45) is 0 Å². The quantitative estimate of drug-likeness (QED) is 0.780. The molecule has 1 aromatic heterocycles. The predicted molar refractivity (Wildman–Crippen MR) is 85.0 cm³/mol. The lowest BCUT2D eigenvalue weighted by molar-refractivity contribution is -0.116. The first-order valence-electron chi connectivity index (χ1n) is 5.82. The Labute approximate surface area is 125 Å². The van der Waals surface area contributed by atoms with E-state index in [9.17, 15) is 4.79 Å². The molecular formula is C14H14INOS. The molecule has 0 aliphatic rings. The standard InChI is InChI=1S/C14H14INOS/c15-12-7-1-2-8-13(12)16-14(17)9-3-5-11-6-4-10-18-11/h1-2,4,6-8,10H,3,5,9H2,(H,16,17). The van der Waals surface area contributed by atoms with Crippen molar-refractivity contribution in [3.8, 4) is 0 Å². The Morgan fingerprint density at radius 1 is 1.22 bits per heavy atom. The van der Waals surface area contributed by atoms with Crippen molar-refractivity contribution in [3.05, 3.63) is 50.2 Å². The largest absolute Gasteiger partial charge is 0.325 e. The van der Waals surface area contributed by atoms with Gasteiger partial charge in [0.2, 0.25) is 5.91 Å². The van der Waals surface area contributed by atoms with E-state index in [1.807, 2.05) is 30.3 Å². The summed E-state index contributed by atoms with van der Waals surface area (Å²) < 4.78 is 1.07. The molecule has 1 aromatic carbocycles. The van der Waals surface area contributed by atoms with Crippen LogP contribution in [0.5, 0.6) is 0 Å². The molecule has 0 aliphatic heterocycles. The highest BCUT2D eigenvalue weighted by Crippen LogP contribution is 2.17. The lowest BCUT2D eigenvalue weighted by Crippen LogP contribution is -2.12. The summed E-state index contributed by atoms with van der Waals surface area (Å²) in [5.74, 6) is 0.0932. The van der Waals surface area contributed by atoms with Crippen LogP contribution in [0.4, 0.5) is 5.69 Å². The van der Waals surface area contributed by atoms with Crippen LogP contribution < -0.4 is 5.32 Å². The van der Waals surface area contributed by atoms with Crippen LogP contribution >= 0.6 is 33.9 Å². The smallest absolute Gasteiger partial charge is 0.224 e. The van der Waals surface area contributed by atoms with Crippen molar-refractivity contribution in [2.75, 3.05) is 5.32 Å². The van der Waals surface area contributed by atoms with Crippen LogP contribution in [-0.4, -0.2) is 5.91 Å². The lowest BCUT2D eigenvalue weighted by Gasteiger charge is -2.06. The Kier molecular flexibility index (Phi) is 5.19. The second kappa shape index (κ2) is 6.89. The fraction of sp³-hybridized carbons (Fsp3) is 0.214. The van der Waals surface area contributed by atoms with E-state index in [2.05, 4.69) is 39.4 Å². The van der Waals surface area contributed by atoms with E-state index in [1.54, 1.807) is 11.3 Å². The number of carbonyl (C=O) groups is 1. The molecule has 18 heavy (non-hydrogen) atoms. The molecule has 1 N–H and O–H groups in total. The Morgan fingerprint density at radius 2 is 2.06 bits per heavy atom. The van der Waals surface area contributed by atoms with Gasteiger partial charge < -0.3 is 5.32 Å². The summed E-state index contributed by atoms with van der Waals surface area (Å²) in [6.45, 7) is 0. The highest BCUT2D eigenvalue weighted by molar-refractivity contribution is 14.1. The molecule has 0 saturated heterocycles. The van der Waals surface area contributed by atoms with Crippen molar-refractivity contribution in [1.82, 2.24) is 0 Å². The highest BCUT2D eigenvalue weighted by Gasteiger charge is 2.05. The van der Waals surface area contributed by atoms with Gasteiger partial charge in [0.1, 0.15) is 0 Å². The molecule has 0 unspecified atom stereocenters. The number of nitrogens with one attached hydrogen (secondary N) is 1. The van der Waals surface area contributed by atoms with Crippen molar-refractivity contribution >= 4 is 45.5 Å². The van der Waals surface area contributed by atoms with Crippen LogP contribution in [0.3, 0.4) is 0 Å². The number of hydrogen-bond donors (Lipinski definition) is 1. The maximum atomic E-state index is 11.8. The van der Waals surface area contributed by atoms with Crippen LogP contribution in [0, 0.1) is 3.57 Å². The minimum atomic E-state index is 0.0932. The number of carbonyl (C=O) groups excluding carboxylic acids is 1. The topological polar surface area (TPSA) is 29.1 Å². The predicted octanol–water partition coefficient (Wildman–Crippen LogP) is 4.31. The normalized spacial score (nSPS) is 10.3. The van der Waals surface area contributed by atoms with Gasteiger partial charge in [0.15, 0.2) is 0 Å². The molecule has 0 spiro atoms. The van der Waals surface area contributed by atoms with Crippen LogP contribution in [-0.2, 0) is 11.2 Å². The first-order chi connectivity index (χ1) is 8.75. The summed E-state index contributed by atoms with van der Waals surface area (Å²) in [5.41, 5.74) is 0.902. The number of aryl methyl sites for hydroxylation is 1. The Hall–Kier alpha value is -0.880. The monoisotopic (exact) mass is 371 g/mol. The van der Waals surface area contributed by atoms with E-state index in [1.165, 1.54) is 4.88 Å². The third kappa shape index (κ3) is 4.10. The van der Waals surface area contributed by atoms with Crippen LogP contribution in [0.1, 0.15) is 17.7 Å². The van der Waals surface area contributed by atoms with E-state index in [-0.39, 0.29) is 5.91 Å². The van der Waals surface area contributed by atoms with Crippen molar-refractivity contribution < 1.29 is 4.79 Å². The first kappa shape index (κ1) is 13.5. The number of para-hydroxylation sites is 1. The third-order valence-electron chi connectivity index (χ3n) is 2.56. The van der Waals surface area contributed by atoms with Crippen molar-refractivity contribution in [3.63, 3.8) is 0 Å². The molecule has 1 amide bonds. The van der Waals surface area contributed by atoms with E-state index >= 15 is 0 Å². The molecule has 0 atom stereocenters. The molecule has 94 valence electrons. The Bertz CT molecular complexity index is 510. The fourth-order valence-electron chi connectivity index (χ4n) is 1.65. The fourth-order valence-corrected chi connectivity index (χ4v) is 2.93. The average Bonchev–Trinajstić information content (AvgIpc) is 2.85. The molecule has 0 aliphatic carbocycles. The molecule has 2 rings (SSSR count). The number of anilines is 1. The number of thiophene rings is 1. The average molecular weight is 371 g/mol. The van der Waals surface area contributed by atoms with E-state index in [4.69, 9.17) is 0 Å². The van der Waals surface area contributed by atoms with Crippen LogP contribution in [0.25, 0.3) is 0 Å². The summed E-state index contributed by atoms with van der Waals surface area (Å²) in [6, 6.07) is 12.0. The molecular weight excluding hydrogens is 357 g/mol. The SMILES string of the molecule is O=C(CCCc1cccs1)Nc1ccccc1I. The van der Waals surface area contributed by atoms with Gasteiger partial charge in [-0.15, -0.1) is 11.3 Å². The van der Waals surface area contributed by atoms with Gasteiger partial charge >= 0.3 is 0 Å². The highest BCUT2D eigenvalue weighted by atomic mass is 127. The lowest BCUT2D eigenvalue weighted by atomic mass is 10.2. The van der Waals surface area contributed by atoms with Gasteiger partial charge in [0.25, 0.3) is 0 Å². The summed E-state index contributed by atoms with van der Waals surface area (Å²) >= 11 is 3.97. The van der Waals surface area contributed by atoms with Gasteiger partial charge in [-0.1, -0.05) is 18.2 Å². The number of halogens is 1. The third-order valence-corrected chi connectivity index (χ3v) is 4.43. The molecule has 0 fully saturated rings. The van der Waals surface area contributed by atoms with E-state index < -0.39 is 0 Å². The molecule has 4 heteroatoms. The molecule has 0 radical (unpaired) electrons. The Balaban J connectivity index is 1.77. The summed E-state index contributed by atoms with van der Waals surface area (Å²) in [5, 5.41) is 5.02. The van der Waals surface area contributed by atoms with E-state index in [0.717, 1.165) is 22.1 Å². The van der Waals surface area contributed by atoms with Gasteiger partial charge in [-0.05, 0) is 59.0 Å². The zero-order chi connectivity index (χ0) is 12.8. The number of amides is 1. The Morgan fingerprint density at radius 3 is 2.78 bits per heavy atom. The van der Waals surface area contributed by atoms with Crippen LogP contribution in [0.2, 0.25) is 0 Å². The molecule has 0 bridgehead atoms. The summed E-state index contributed by atoms with van der Waals surface area (Å²) in [6.07, 6.45) is 2.45. The first-order valence-corrected chi connectivity index (χ1v) is 7.78. The molecule has 2 nitrogen and oxygen atoms in total. The van der Waals surface area contributed by atoms with Gasteiger partial charge in [-0.25, -0.2) is 0 Å². The van der Waals surface area contributed by atoms with Gasteiger partial charge in [0, 0.05) is 14.9 Å². The minimum Gasteiger partial charge on any atom is -0.325 e. The zero-order valence-electron chi connectivity index (χ0n) is 9.86. The zero-order valence-corrected chi connectivity index (χ0v) is 12.8. The van der Waals surface area contributed by atoms with Crippen LogP contribution in [0.15, 0.2) is 41.8 Å². The van der Waals surface area contributed by atoms with Crippen molar-refractivity contribution in [1.29, 1.82) is 0 Å². The molecule has 2 aromatic rings. The number of rotatable bonds is 5. The second-order valence-corrected chi connectivity index (χ2v) is 6.16. The van der Waals surface area contributed by atoms with Gasteiger partial charge in [0.05, 0.1) is 5.69 Å². The maximum Gasteiger partial charge on any atom is 0.224 e. The second-order valence-electron chi connectivity index (χ2n) is 3.96. The van der Waals surface area contributed by atoms with Gasteiger partial charge in [-0.2, -0.15) is 0 Å². The molecule has 0 saturated carbocycles. The summed E-state index contributed by atoms with van der Waals surface area (Å²) in [4.78, 5) is 13.1. The number of hydrogen-bond acceptors (Lipinski definition) is 2.